The molecule has 132 valence electrons. The summed E-state index contributed by atoms with van der Waals surface area (Å²) in [6.45, 7) is 2.05. The predicted molar refractivity (Wildman–Crippen MR) is 102 cm³/mol. The van der Waals surface area contributed by atoms with E-state index >= 15 is 0 Å². The molecule has 0 heterocycles. The number of nitrogens with zero attached hydrogens (tertiary/aromatic N) is 1. The van der Waals surface area contributed by atoms with Gasteiger partial charge in [0.05, 0.1) is 10.7 Å². The molecule has 0 aliphatic rings. The summed E-state index contributed by atoms with van der Waals surface area (Å²) in [6.07, 6.45) is 0.159. The van der Waals surface area contributed by atoms with Crippen LogP contribution in [0.4, 0.5) is 5.69 Å². The first-order valence-corrected chi connectivity index (χ1v) is 8.74. The van der Waals surface area contributed by atoms with Crippen LogP contribution in [0, 0.1) is 0 Å². The Kier molecular flexibility index (Phi) is 7.12. The largest absolute Gasteiger partial charge is 0.352 e. The molecule has 0 aliphatic heterocycles. The molecule has 0 spiro atoms. The van der Waals surface area contributed by atoms with Gasteiger partial charge >= 0.3 is 0 Å². The van der Waals surface area contributed by atoms with Gasteiger partial charge in [-0.25, -0.2) is 0 Å². The van der Waals surface area contributed by atoms with E-state index in [-0.39, 0.29) is 24.8 Å². The number of hydrogen-bond acceptors (Lipinski definition) is 2. The summed E-state index contributed by atoms with van der Waals surface area (Å²) in [7, 11) is 0. The normalized spacial score (nSPS) is 10.4. The monoisotopic (exact) mass is 398 g/mol. The van der Waals surface area contributed by atoms with Crippen LogP contribution in [-0.2, 0) is 16.1 Å². The van der Waals surface area contributed by atoms with Crippen molar-refractivity contribution in [3.63, 3.8) is 0 Å². The van der Waals surface area contributed by atoms with Gasteiger partial charge in [-0.1, -0.05) is 46.9 Å². The molecule has 0 aromatic heterocycles. The van der Waals surface area contributed by atoms with Crippen LogP contribution in [0.25, 0.3) is 0 Å². The van der Waals surface area contributed by atoms with Gasteiger partial charge in [0.25, 0.3) is 0 Å². The molecule has 1 N–H and O–H groups in total. The third kappa shape index (κ3) is 5.92. The quantitative estimate of drug-likeness (QED) is 0.765. The number of hydrogen-bond donors (Lipinski definition) is 1. The average Bonchev–Trinajstić information content (AvgIpc) is 2.56. The van der Waals surface area contributed by atoms with Gasteiger partial charge in [-0.2, -0.15) is 0 Å². The standard InChI is InChI=1S/C18H17Cl3N2O2/c1-12(24)23(17-7-6-15(20)10-16(17)21)9-8-18(25)22-11-13-2-4-14(19)5-3-13/h2-7,10H,8-9,11H2,1H3,(H,22,25). The van der Waals surface area contributed by atoms with Crippen molar-refractivity contribution in [1.82, 2.24) is 5.32 Å². The Labute approximate surface area is 161 Å². The van der Waals surface area contributed by atoms with Crippen molar-refractivity contribution in [1.29, 1.82) is 0 Å². The molecule has 0 atom stereocenters. The van der Waals surface area contributed by atoms with Gasteiger partial charge in [0.2, 0.25) is 11.8 Å². The van der Waals surface area contributed by atoms with E-state index in [1.54, 1.807) is 30.3 Å². The Morgan fingerprint density at radius 1 is 1.00 bits per heavy atom. The van der Waals surface area contributed by atoms with E-state index in [1.807, 2.05) is 12.1 Å². The van der Waals surface area contributed by atoms with E-state index < -0.39 is 0 Å². The molecule has 0 aliphatic carbocycles. The maximum absolute atomic E-state index is 12.1. The van der Waals surface area contributed by atoms with Crippen LogP contribution in [0.15, 0.2) is 42.5 Å². The number of carbonyl (C=O) groups is 2. The lowest BCUT2D eigenvalue weighted by atomic mass is 10.2. The lowest BCUT2D eigenvalue weighted by molar-refractivity contribution is -0.121. The van der Waals surface area contributed by atoms with Crippen LogP contribution in [0.2, 0.25) is 15.1 Å². The van der Waals surface area contributed by atoms with Crippen LogP contribution in [0.1, 0.15) is 18.9 Å². The molecule has 0 saturated carbocycles. The summed E-state index contributed by atoms with van der Waals surface area (Å²) >= 11 is 17.9. The molecule has 25 heavy (non-hydrogen) atoms. The van der Waals surface area contributed by atoms with Gasteiger partial charge in [0, 0.05) is 36.5 Å². The SMILES string of the molecule is CC(=O)N(CCC(=O)NCc1ccc(Cl)cc1)c1ccc(Cl)cc1Cl. The molecular weight excluding hydrogens is 383 g/mol. The van der Waals surface area contributed by atoms with E-state index in [0.29, 0.717) is 27.3 Å². The molecule has 2 aromatic rings. The predicted octanol–water partition coefficient (Wildman–Crippen LogP) is 4.71. The van der Waals surface area contributed by atoms with Crippen LogP contribution in [0.3, 0.4) is 0 Å². The fourth-order valence-corrected chi connectivity index (χ4v) is 2.89. The summed E-state index contributed by atoms with van der Waals surface area (Å²) in [5.74, 6) is -0.360. The zero-order valence-electron chi connectivity index (χ0n) is 13.6. The number of anilines is 1. The molecule has 0 radical (unpaired) electrons. The van der Waals surface area contributed by atoms with Crippen molar-refractivity contribution in [3.05, 3.63) is 63.1 Å². The van der Waals surface area contributed by atoms with Crippen molar-refractivity contribution in [3.8, 4) is 0 Å². The lowest BCUT2D eigenvalue weighted by Crippen LogP contribution is -2.33. The topological polar surface area (TPSA) is 49.4 Å². The second-order valence-electron chi connectivity index (χ2n) is 5.42. The molecule has 2 rings (SSSR count). The third-order valence-electron chi connectivity index (χ3n) is 3.55. The number of rotatable bonds is 6. The number of halogens is 3. The van der Waals surface area contributed by atoms with Gasteiger partial charge in [-0.15, -0.1) is 0 Å². The zero-order valence-corrected chi connectivity index (χ0v) is 15.8. The van der Waals surface area contributed by atoms with E-state index in [2.05, 4.69) is 5.32 Å². The first kappa shape index (κ1) is 19.6. The molecular formula is C18H17Cl3N2O2. The Morgan fingerprint density at radius 3 is 2.24 bits per heavy atom. The fraction of sp³-hybridized carbons (Fsp3) is 0.222. The number of nitrogens with one attached hydrogen (secondary N) is 1. The van der Waals surface area contributed by atoms with Crippen LogP contribution in [0.5, 0.6) is 0 Å². The van der Waals surface area contributed by atoms with E-state index in [9.17, 15) is 9.59 Å². The first-order chi connectivity index (χ1) is 11.9. The molecule has 4 nitrogen and oxygen atoms in total. The van der Waals surface area contributed by atoms with Crippen molar-refractivity contribution < 1.29 is 9.59 Å². The summed E-state index contributed by atoms with van der Waals surface area (Å²) in [5.41, 5.74) is 1.48. The Morgan fingerprint density at radius 2 is 1.64 bits per heavy atom. The summed E-state index contributed by atoms with van der Waals surface area (Å²) in [5, 5.41) is 4.31. The zero-order chi connectivity index (χ0) is 18.4. The van der Waals surface area contributed by atoms with Gasteiger partial charge in [-0.3, -0.25) is 9.59 Å². The highest BCUT2D eigenvalue weighted by atomic mass is 35.5. The van der Waals surface area contributed by atoms with E-state index in [1.165, 1.54) is 11.8 Å². The number of carbonyl (C=O) groups excluding carboxylic acids is 2. The van der Waals surface area contributed by atoms with Crippen LogP contribution in [-0.4, -0.2) is 18.4 Å². The number of benzene rings is 2. The van der Waals surface area contributed by atoms with Crippen LogP contribution >= 0.6 is 34.8 Å². The summed E-state index contributed by atoms with van der Waals surface area (Å²) in [6, 6.07) is 12.1. The number of amides is 2. The molecule has 2 amide bonds. The Bertz CT molecular complexity index is 763. The van der Waals surface area contributed by atoms with Crippen molar-refractivity contribution in [2.45, 2.75) is 19.9 Å². The summed E-state index contributed by atoms with van der Waals surface area (Å²) in [4.78, 5) is 25.4. The second kappa shape index (κ2) is 9.09. The maximum atomic E-state index is 12.1. The molecule has 7 heteroatoms. The van der Waals surface area contributed by atoms with Crippen LogP contribution < -0.4 is 10.2 Å². The molecule has 0 saturated heterocycles. The molecule has 2 aromatic carbocycles. The smallest absolute Gasteiger partial charge is 0.223 e. The minimum absolute atomic E-state index is 0.159. The van der Waals surface area contributed by atoms with Crippen molar-refractivity contribution in [2.24, 2.45) is 0 Å². The highest BCUT2D eigenvalue weighted by molar-refractivity contribution is 6.36. The third-order valence-corrected chi connectivity index (χ3v) is 4.34. The van der Waals surface area contributed by atoms with Crippen molar-refractivity contribution >= 4 is 52.3 Å². The lowest BCUT2D eigenvalue weighted by Gasteiger charge is -2.22. The molecule has 0 bridgehead atoms. The minimum atomic E-state index is -0.199. The Balaban J connectivity index is 1.93. The van der Waals surface area contributed by atoms with Gasteiger partial charge < -0.3 is 10.2 Å². The average molecular weight is 400 g/mol. The summed E-state index contributed by atoms with van der Waals surface area (Å²) < 4.78 is 0. The second-order valence-corrected chi connectivity index (χ2v) is 6.70. The van der Waals surface area contributed by atoms with Gasteiger partial charge in [0.1, 0.15) is 0 Å². The maximum Gasteiger partial charge on any atom is 0.223 e. The highest BCUT2D eigenvalue weighted by Gasteiger charge is 2.16. The Hall–Kier alpha value is -1.75. The van der Waals surface area contributed by atoms with E-state index in [4.69, 9.17) is 34.8 Å². The molecule has 0 fully saturated rings. The minimum Gasteiger partial charge on any atom is -0.352 e. The van der Waals surface area contributed by atoms with Gasteiger partial charge in [0.15, 0.2) is 0 Å². The van der Waals surface area contributed by atoms with Crippen molar-refractivity contribution in [2.75, 3.05) is 11.4 Å². The van der Waals surface area contributed by atoms with Gasteiger partial charge in [-0.05, 0) is 35.9 Å². The van der Waals surface area contributed by atoms with E-state index in [0.717, 1.165) is 5.56 Å². The molecule has 0 unspecified atom stereocenters. The fourth-order valence-electron chi connectivity index (χ4n) is 2.25. The first-order valence-electron chi connectivity index (χ1n) is 7.61. The highest BCUT2D eigenvalue weighted by Crippen LogP contribution is 2.29.